The monoisotopic (exact) mass is 331 g/mol. The van der Waals surface area contributed by atoms with Crippen LogP contribution in [-0.2, 0) is 13.2 Å². The van der Waals surface area contributed by atoms with E-state index in [4.69, 9.17) is 4.74 Å². The Hall–Kier alpha value is -2.02. The Morgan fingerprint density at radius 2 is 2.17 bits per heavy atom. The minimum atomic E-state index is -0.462. The van der Waals surface area contributed by atoms with Crippen LogP contribution >= 0.6 is 0 Å². The number of halogens is 1. The van der Waals surface area contributed by atoms with Gasteiger partial charge in [-0.3, -0.25) is 4.90 Å². The van der Waals surface area contributed by atoms with Gasteiger partial charge >= 0.3 is 0 Å². The molecule has 1 aliphatic carbocycles. The zero-order valence-corrected chi connectivity index (χ0v) is 13.9. The fourth-order valence-corrected chi connectivity index (χ4v) is 3.46. The fraction of sp³-hybridized carbons (Fsp3) is 0.588. The first-order valence-corrected chi connectivity index (χ1v) is 8.61. The van der Waals surface area contributed by atoms with Crippen LogP contribution in [0.2, 0.25) is 0 Å². The van der Waals surface area contributed by atoms with Gasteiger partial charge in [0.1, 0.15) is 12.4 Å². The van der Waals surface area contributed by atoms with Gasteiger partial charge in [-0.05, 0) is 37.8 Å². The molecule has 4 rings (SSSR count). The van der Waals surface area contributed by atoms with Crippen LogP contribution in [0.5, 0.6) is 5.88 Å². The Morgan fingerprint density at radius 1 is 1.29 bits per heavy atom. The summed E-state index contributed by atoms with van der Waals surface area (Å²) in [7, 11) is 0. The van der Waals surface area contributed by atoms with Crippen molar-refractivity contribution in [3.05, 3.63) is 35.8 Å². The smallest absolute Gasteiger partial charge is 0.250 e. The topological polar surface area (TPSA) is 56.1 Å². The fourth-order valence-electron chi connectivity index (χ4n) is 3.46. The number of pyridine rings is 1. The Balaban J connectivity index is 1.44. The first-order valence-electron chi connectivity index (χ1n) is 8.61. The van der Waals surface area contributed by atoms with Gasteiger partial charge in [0.25, 0.3) is 5.88 Å². The number of rotatable bonds is 5. The molecule has 1 fully saturated rings. The number of hydrogen-bond acceptors (Lipinski definition) is 5. The van der Waals surface area contributed by atoms with Crippen molar-refractivity contribution >= 4 is 0 Å². The van der Waals surface area contributed by atoms with Crippen molar-refractivity contribution < 1.29 is 9.13 Å². The van der Waals surface area contributed by atoms with Crippen LogP contribution in [-0.4, -0.2) is 37.7 Å². The molecule has 0 spiro atoms. The lowest BCUT2D eigenvalue weighted by molar-refractivity contribution is 0.110. The van der Waals surface area contributed by atoms with Crippen molar-refractivity contribution in [2.45, 2.75) is 45.4 Å². The molecular weight excluding hydrogens is 309 g/mol. The van der Waals surface area contributed by atoms with Crippen molar-refractivity contribution in [3.8, 4) is 5.88 Å². The number of hydrogen-bond donors (Lipinski definition) is 0. The van der Waals surface area contributed by atoms with E-state index in [1.807, 2.05) is 0 Å². The van der Waals surface area contributed by atoms with Gasteiger partial charge in [-0.15, -0.1) is 10.2 Å². The highest BCUT2D eigenvalue weighted by atomic mass is 19.1. The highest BCUT2D eigenvalue weighted by Crippen LogP contribution is 2.32. The third kappa shape index (κ3) is 2.88. The first-order chi connectivity index (χ1) is 11.7. The molecule has 0 N–H and O–H groups in total. The standard InChI is InChI=1S/C17H22FN5O/c1-12-16-21-20-15(11-24-17-14(18)6-3-7-19-17)23(16)9-8-22(12)10-13-4-2-5-13/h3,6-7,12-13H,2,4-5,8-11H2,1H3. The minimum absolute atomic E-state index is 0.00492. The van der Waals surface area contributed by atoms with E-state index in [2.05, 4.69) is 31.6 Å². The first kappa shape index (κ1) is 15.5. The van der Waals surface area contributed by atoms with Gasteiger partial charge in [0, 0.05) is 25.8 Å². The van der Waals surface area contributed by atoms with E-state index in [-0.39, 0.29) is 18.5 Å². The number of nitrogens with zero attached hydrogens (tertiary/aromatic N) is 5. The van der Waals surface area contributed by atoms with Gasteiger partial charge < -0.3 is 9.30 Å². The average Bonchev–Trinajstić information content (AvgIpc) is 2.96. The number of ether oxygens (including phenoxy) is 1. The molecule has 0 saturated heterocycles. The van der Waals surface area contributed by atoms with Crippen molar-refractivity contribution in [2.75, 3.05) is 13.1 Å². The van der Waals surface area contributed by atoms with Crippen LogP contribution in [0.4, 0.5) is 4.39 Å². The molecule has 0 bridgehead atoms. The van der Waals surface area contributed by atoms with Crippen LogP contribution < -0.4 is 4.74 Å². The summed E-state index contributed by atoms with van der Waals surface area (Å²) in [5.74, 6) is 2.09. The molecule has 0 amide bonds. The van der Waals surface area contributed by atoms with E-state index in [1.54, 1.807) is 6.07 Å². The van der Waals surface area contributed by atoms with E-state index < -0.39 is 5.82 Å². The summed E-state index contributed by atoms with van der Waals surface area (Å²) in [5, 5.41) is 8.60. The maximum Gasteiger partial charge on any atom is 0.250 e. The summed E-state index contributed by atoms with van der Waals surface area (Å²) >= 11 is 0. The lowest BCUT2D eigenvalue weighted by Gasteiger charge is -2.38. The van der Waals surface area contributed by atoms with Crippen LogP contribution in [0.15, 0.2) is 18.3 Å². The van der Waals surface area contributed by atoms with Gasteiger partial charge in [0.05, 0.1) is 6.04 Å². The van der Waals surface area contributed by atoms with Gasteiger partial charge in [-0.2, -0.15) is 0 Å². The van der Waals surface area contributed by atoms with Crippen LogP contribution in [0.1, 0.15) is 43.9 Å². The molecule has 0 aromatic carbocycles. The van der Waals surface area contributed by atoms with Gasteiger partial charge in [-0.1, -0.05) is 6.42 Å². The lowest BCUT2D eigenvalue weighted by atomic mass is 9.84. The third-order valence-corrected chi connectivity index (χ3v) is 5.17. The highest BCUT2D eigenvalue weighted by Gasteiger charge is 2.31. The van der Waals surface area contributed by atoms with E-state index in [1.165, 1.54) is 31.5 Å². The maximum absolute atomic E-state index is 13.6. The van der Waals surface area contributed by atoms with Crippen molar-refractivity contribution in [3.63, 3.8) is 0 Å². The number of fused-ring (bicyclic) bond motifs is 1. The predicted octanol–water partition coefficient (Wildman–Crippen LogP) is 2.57. The van der Waals surface area contributed by atoms with Crippen LogP contribution in [0.3, 0.4) is 0 Å². The molecule has 24 heavy (non-hydrogen) atoms. The normalized spacial score (nSPS) is 21.3. The molecule has 1 unspecified atom stereocenters. The molecule has 1 aliphatic heterocycles. The summed E-state index contributed by atoms with van der Waals surface area (Å²) in [5.41, 5.74) is 0. The quantitative estimate of drug-likeness (QED) is 0.843. The van der Waals surface area contributed by atoms with Gasteiger partial charge in [0.2, 0.25) is 0 Å². The average molecular weight is 331 g/mol. The van der Waals surface area contributed by atoms with Crippen molar-refractivity contribution in [2.24, 2.45) is 5.92 Å². The Labute approximate surface area is 140 Å². The molecule has 2 aromatic heterocycles. The molecule has 6 nitrogen and oxygen atoms in total. The van der Waals surface area contributed by atoms with Gasteiger partial charge in [0.15, 0.2) is 11.6 Å². The largest absolute Gasteiger partial charge is 0.467 e. The summed E-state index contributed by atoms with van der Waals surface area (Å²) < 4.78 is 21.2. The molecular formula is C17H22FN5O. The highest BCUT2D eigenvalue weighted by molar-refractivity contribution is 5.13. The van der Waals surface area contributed by atoms with Crippen molar-refractivity contribution in [1.29, 1.82) is 0 Å². The van der Waals surface area contributed by atoms with E-state index in [0.717, 1.165) is 37.2 Å². The number of aromatic nitrogens is 4. The van der Waals surface area contributed by atoms with Gasteiger partial charge in [-0.25, -0.2) is 9.37 Å². The minimum Gasteiger partial charge on any atom is -0.467 e. The Kier molecular flexibility index (Phi) is 4.18. The Morgan fingerprint density at radius 3 is 2.92 bits per heavy atom. The molecule has 3 heterocycles. The molecule has 1 saturated carbocycles. The summed E-state index contributed by atoms with van der Waals surface area (Å²) in [4.78, 5) is 6.40. The lowest BCUT2D eigenvalue weighted by Crippen LogP contribution is -2.41. The molecule has 1 atom stereocenters. The van der Waals surface area contributed by atoms with E-state index in [0.29, 0.717) is 0 Å². The molecule has 2 aromatic rings. The molecule has 128 valence electrons. The SMILES string of the molecule is CC1c2nnc(COc3ncccc3F)n2CCN1CC1CCC1. The second-order valence-electron chi connectivity index (χ2n) is 6.67. The zero-order chi connectivity index (χ0) is 16.5. The van der Waals surface area contributed by atoms with Crippen molar-refractivity contribution in [1.82, 2.24) is 24.6 Å². The molecule has 7 heteroatoms. The summed E-state index contributed by atoms with van der Waals surface area (Å²) in [6.07, 6.45) is 5.59. The summed E-state index contributed by atoms with van der Waals surface area (Å²) in [6.45, 7) is 5.35. The molecule has 2 aliphatic rings. The predicted molar refractivity (Wildman–Crippen MR) is 85.9 cm³/mol. The maximum atomic E-state index is 13.6. The summed E-state index contributed by atoms with van der Waals surface area (Å²) in [6, 6.07) is 3.13. The zero-order valence-electron chi connectivity index (χ0n) is 13.9. The Bertz CT molecular complexity index is 715. The second-order valence-corrected chi connectivity index (χ2v) is 6.67. The van der Waals surface area contributed by atoms with Crippen LogP contribution in [0.25, 0.3) is 0 Å². The second kappa shape index (κ2) is 6.47. The van der Waals surface area contributed by atoms with Crippen LogP contribution in [0, 0.1) is 11.7 Å². The van der Waals surface area contributed by atoms with E-state index >= 15 is 0 Å². The van der Waals surface area contributed by atoms with E-state index in [9.17, 15) is 4.39 Å². The molecule has 0 radical (unpaired) electrons. The third-order valence-electron chi connectivity index (χ3n) is 5.17.